The summed E-state index contributed by atoms with van der Waals surface area (Å²) >= 11 is 1.28. The van der Waals surface area contributed by atoms with Gasteiger partial charge in [0.2, 0.25) is 0 Å². The van der Waals surface area contributed by atoms with Crippen LogP contribution in [0.4, 0.5) is 8.78 Å². The minimum atomic E-state index is -0.509. The fraction of sp³-hybridized carbons (Fsp3) is 0.143. The molecule has 0 spiro atoms. The maximum atomic E-state index is 13.3. The predicted molar refractivity (Wildman–Crippen MR) is 111 cm³/mol. The Labute approximate surface area is 173 Å². The van der Waals surface area contributed by atoms with E-state index in [1.165, 1.54) is 66.8 Å². The summed E-state index contributed by atoms with van der Waals surface area (Å²) in [5.41, 5.74) is 0.582. The summed E-state index contributed by atoms with van der Waals surface area (Å²) in [6.07, 6.45) is 0. The van der Waals surface area contributed by atoms with Gasteiger partial charge in [0.15, 0.2) is 11.5 Å². The third kappa shape index (κ3) is 3.63. The van der Waals surface area contributed by atoms with Crippen molar-refractivity contribution < 1.29 is 8.78 Å². The Bertz CT molecular complexity index is 1360. The third-order valence-corrected chi connectivity index (χ3v) is 5.70. The van der Waals surface area contributed by atoms with Crippen LogP contribution in [0.5, 0.6) is 0 Å². The molecule has 2 heterocycles. The van der Waals surface area contributed by atoms with E-state index in [1.54, 1.807) is 12.1 Å². The molecule has 9 heteroatoms. The number of halogens is 2. The molecule has 2 aromatic carbocycles. The van der Waals surface area contributed by atoms with Crippen LogP contribution in [0.15, 0.2) is 63.1 Å². The molecule has 0 atom stereocenters. The van der Waals surface area contributed by atoms with Crippen molar-refractivity contribution in [2.24, 2.45) is 14.1 Å². The standard InChI is InChI=1S/C21H16F2N4O2S/c1-26-18-16(20(28)27(2)21(26)29)19(30-11-12-3-7-14(22)8-4-12)25-17(24-18)13-5-9-15(23)10-6-13/h3-10H,11H2,1-2H3. The van der Waals surface area contributed by atoms with Gasteiger partial charge in [0.05, 0.1) is 0 Å². The number of benzene rings is 2. The first-order valence-electron chi connectivity index (χ1n) is 8.96. The zero-order valence-corrected chi connectivity index (χ0v) is 16.9. The number of hydrogen-bond acceptors (Lipinski definition) is 5. The molecule has 152 valence electrons. The molecule has 0 N–H and O–H groups in total. The predicted octanol–water partition coefficient (Wildman–Crippen LogP) is 3.26. The van der Waals surface area contributed by atoms with Crippen LogP contribution in [0.3, 0.4) is 0 Å². The second-order valence-electron chi connectivity index (χ2n) is 6.68. The lowest BCUT2D eigenvalue weighted by atomic mass is 10.2. The number of fused-ring (bicyclic) bond motifs is 1. The van der Waals surface area contributed by atoms with E-state index in [-0.39, 0.29) is 22.7 Å². The van der Waals surface area contributed by atoms with Gasteiger partial charge in [-0.25, -0.2) is 23.5 Å². The van der Waals surface area contributed by atoms with Gasteiger partial charge in [-0.2, -0.15) is 0 Å². The maximum absolute atomic E-state index is 13.3. The third-order valence-electron chi connectivity index (χ3n) is 4.66. The summed E-state index contributed by atoms with van der Waals surface area (Å²) in [6, 6.07) is 11.7. The number of thioether (sulfide) groups is 1. The van der Waals surface area contributed by atoms with E-state index in [2.05, 4.69) is 9.97 Å². The lowest BCUT2D eigenvalue weighted by Gasteiger charge is -2.12. The summed E-state index contributed by atoms with van der Waals surface area (Å²) < 4.78 is 28.8. The fourth-order valence-electron chi connectivity index (χ4n) is 2.99. The van der Waals surface area contributed by atoms with Crippen LogP contribution in [0, 0.1) is 11.6 Å². The van der Waals surface area contributed by atoms with Crippen LogP contribution in [-0.2, 0) is 19.8 Å². The first-order chi connectivity index (χ1) is 14.3. The molecule has 0 amide bonds. The minimum absolute atomic E-state index is 0.194. The molecular formula is C21H16F2N4O2S. The highest BCUT2D eigenvalue weighted by Crippen LogP contribution is 2.28. The highest BCUT2D eigenvalue weighted by atomic mass is 32.2. The van der Waals surface area contributed by atoms with Crippen LogP contribution >= 0.6 is 11.8 Å². The van der Waals surface area contributed by atoms with Crippen LogP contribution in [-0.4, -0.2) is 19.1 Å². The Morgan fingerprint density at radius 2 is 1.47 bits per heavy atom. The molecule has 0 aliphatic rings. The molecule has 0 radical (unpaired) electrons. The molecule has 0 saturated carbocycles. The molecule has 0 aliphatic carbocycles. The normalized spacial score (nSPS) is 11.2. The van der Waals surface area contributed by atoms with Crippen LogP contribution < -0.4 is 11.2 Å². The molecule has 30 heavy (non-hydrogen) atoms. The number of rotatable bonds is 4. The number of aryl methyl sites for hydroxylation is 1. The lowest BCUT2D eigenvalue weighted by Crippen LogP contribution is -2.37. The summed E-state index contributed by atoms with van der Waals surface area (Å²) in [7, 11) is 2.92. The molecule has 4 rings (SSSR count). The van der Waals surface area contributed by atoms with Gasteiger partial charge >= 0.3 is 5.69 Å². The van der Waals surface area contributed by atoms with E-state index in [9.17, 15) is 18.4 Å². The van der Waals surface area contributed by atoms with Gasteiger partial charge in [0.1, 0.15) is 22.0 Å². The smallest absolute Gasteiger partial charge is 0.280 e. The minimum Gasteiger partial charge on any atom is -0.280 e. The van der Waals surface area contributed by atoms with Crippen molar-refractivity contribution in [1.29, 1.82) is 0 Å². The van der Waals surface area contributed by atoms with Gasteiger partial charge in [0.25, 0.3) is 5.56 Å². The van der Waals surface area contributed by atoms with Crippen LogP contribution in [0.2, 0.25) is 0 Å². The van der Waals surface area contributed by atoms with Gasteiger partial charge in [0, 0.05) is 25.4 Å². The second kappa shape index (κ2) is 7.83. The largest absolute Gasteiger partial charge is 0.332 e. The second-order valence-corrected chi connectivity index (χ2v) is 7.64. The van der Waals surface area contributed by atoms with E-state index in [0.29, 0.717) is 16.3 Å². The monoisotopic (exact) mass is 426 g/mol. The van der Waals surface area contributed by atoms with Crippen molar-refractivity contribution in [3.8, 4) is 11.4 Å². The van der Waals surface area contributed by atoms with E-state index in [1.807, 2.05) is 0 Å². The SMILES string of the molecule is Cn1c(=O)c2c(SCc3ccc(F)cc3)nc(-c3ccc(F)cc3)nc2n(C)c1=O. The summed E-state index contributed by atoms with van der Waals surface area (Å²) in [6.45, 7) is 0. The Balaban J connectivity index is 1.90. The van der Waals surface area contributed by atoms with Gasteiger partial charge in [-0.05, 0) is 42.0 Å². The van der Waals surface area contributed by atoms with Gasteiger partial charge in [-0.3, -0.25) is 13.9 Å². The van der Waals surface area contributed by atoms with Crippen molar-refractivity contribution >= 4 is 22.8 Å². The molecule has 2 aromatic heterocycles. The molecular weight excluding hydrogens is 410 g/mol. The quantitative estimate of drug-likeness (QED) is 0.370. The average molecular weight is 426 g/mol. The van der Waals surface area contributed by atoms with Crippen LogP contribution in [0.25, 0.3) is 22.4 Å². The van der Waals surface area contributed by atoms with E-state index < -0.39 is 17.1 Å². The zero-order chi connectivity index (χ0) is 21.4. The Kier molecular flexibility index (Phi) is 5.21. The highest BCUT2D eigenvalue weighted by molar-refractivity contribution is 7.98. The number of aromatic nitrogens is 4. The van der Waals surface area contributed by atoms with Gasteiger partial charge in [-0.15, -0.1) is 11.8 Å². The topological polar surface area (TPSA) is 69.8 Å². The maximum Gasteiger partial charge on any atom is 0.332 e. The molecule has 0 unspecified atom stereocenters. The van der Waals surface area contributed by atoms with Crippen LogP contribution in [0.1, 0.15) is 5.56 Å². The van der Waals surface area contributed by atoms with Crippen molar-refractivity contribution in [3.05, 3.63) is 86.6 Å². The first kappa shape index (κ1) is 20.0. The molecule has 0 bridgehead atoms. The molecule has 0 fully saturated rings. The first-order valence-corrected chi connectivity index (χ1v) is 9.94. The Morgan fingerprint density at radius 1 is 0.867 bits per heavy atom. The van der Waals surface area contributed by atoms with E-state index >= 15 is 0 Å². The van der Waals surface area contributed by atoms with E-state index in [4.69, 9.17) is 0 Å². The zero-order valence-electron chi connectivity index (χ0n) is 16.1. The van der Waals surface area contributed by atoms with Crippen molar-refractivity contribution in [2.45, 2.75) is 10.8 Å². The summed E-state index contributed by atoms with van der Waals surface area (Å²) in [5.74, 6) is -0.0286. The summed E-state index contributed by atoms with van der Waals surface area (Å²) in [5, 5.41) is 0.609. The Morgan fingerprint density at radius 3 is 2.10 bits per heavy atom. The molecule has 0 saturated heterocycles. The molecule has 4 aromatic rings. The van der Waals surface area contributed by atoms with Crippen molar-refractivity contribution in [3.63, 3.8) is 0 Å². The summed E-state index contributed by atoms with van der Waals surface area (Å²) in [4.78, 5) is 34.2. The van der Waals surface area contributed by atoms with Gasteiger partial charge < -0.3 is 0 Å². The van der Waals surface area contributed by atoms with Crippen molar-refractivity contribution in [2.75, 3.05) is 0 Å². The average Bonchev–Trinajstić information content (AvgIpc) is 2.75. The number of hydrogen-bond donors (Lipinski definition) is 0. The highest BCUT2D eigenvalue weighted by Gasteiger charge is 2.18. The number of nitrogens with zero attached hydrogens (tertiary/aromatic N) is 4. The van der Waals surface area contributed by atoms with Gasteiger partial charge in [-0.1, -0.05) is 12.1 Å². The fourth-order valence-corrected chi connectivity index (χ4v) is 3.96. The van der Waals surface area contributed by atoms with Crippen molar-refractivity contribution in [1.82, 2.24) is 19.1 Å². The Hall–Kier alpha value is -3.33. The molecule has 0 aliphatic heterocycles. The molecule has 6 nitrogen and oxygen atoms in total. The van der Waals surface area contributed by atoms with E-state index in [0.717, 1.165) is 10.1 Å². The lowest BCUT2D eigenvalue weighted by molar-refractivity contribution is 0.627.